The zero-order valence-electron chi connectivity index (χ0n) is 15.8. The van der Waals surface area contributed by atoms with E-state index in [4.69, 9.17) is 0 Å². The van der Waals surface area contributed by atoms with Crippen LogP contribution in [0, 0.1) is 16.2 Å². The van der Waals surface area contributed by atoms with Gasteiger partial charge in [-0.2, -0.15) is 0 Å². The zero-order chi connectivity index (χ0) is 20.2. The highest BCUT2D eigenvalue weighted by atomic mass is 79.9. The van der Waals surface area contributed by atoms with Gasteiger partial charge in [-0.1, -0.05) is 98.0 Å². The number of benzene rings is 2. The standard InChI is InChI=1S/C22H23Br3N2O/c1-20(2)21(18(24)25)13-14-22(20,17(21)23)19(28)26-27(15-9-5-3-6-10-15)16-11-7-4-8-12-16/h3-12,17-18H,13-14H2,1-2H3,(H,26,28). The Kier molecular flexibility index (Phi) is 5.20. The van der Waals surface area contributed by atoms with Gasteiger partial charge in [0, 0.05) is 10.2 Å². The summed E-state index contributed by atoms with van der Waals surface area (Å²) in [7, 11) is 0. The quantitative estimate of drug-likeness (QED) is 0.327. The van der Waals surface area contributed by atoms with Crippen LogP contribution in [0.1, 0.15) is 26.7 Å². The molecule has 0 aliphatic heterocycles. The van der Waals surface area contributed by atoms with E-state index in [-0.39, 0.29) is 25.3 Å². The normalized spacial score (nSPS) is 30.0. The highest BCUT2D eigenvalue weighted by molar-refractivity contribution is 9.24. The smallest absolute Gasteiger partial charge is 0.246 e. The number of nitrogens with one attached hydrogen (secondary N) is 1. The Balaban J connectivity index is 1.68. The van der Waals surface area contributed by atoms with Crippen LogP contribution in [-0.2, 0) is 4.79 Å². The number of hydrogen-bond acceptors (Lipinski definition) is 2. The molecule has 3 nitrogen and oxygen atoms in total. The zero-order valence-corrected chi connectivity index (χ0v) is 20.6. The molecule has 0 radical (unpaired) electrons. The van der Waals surface area contributed by atoms with Gasteiger partial charge in [0.15, 0.2) is 0 Å². The van der Waals surface area contributed by atoms with Gasteiger partial charge in [0.2, 0.25) is 5.91 Å². The molecule has 3 aliphatic rings. The maximum atomic E-state index is 13.7. The summed E-state index contributed by atoms with van der Waals surface area (Å²) in [6.07, 6.45) is 1.87. The molecule has 3 fully saturated rings. The van der Waals surface area contributed by atoms with Crippen molar-refractivity contribution in [3.8, 4) is 0 Å². The third-order valence-electron chi connectivity index (χ3n) is 7.13. The van der Waals surface area contributed by atoms with Crippen LogP contribution in [0.5, 0.6) is 0 Å². The van der Waals surface area contributed by atoms with E-state index in [2.05, 4.69) is 67.1 Å². The summed E-state index contributed by atoms with van der Waals surface area (Å²) < 4.78 is 0.162. The summed E-state index contributed by atoms with van der Waals surface area (Å²) >= 11 is 11.4. The molecule has 2 aromatic carbocycles. The van der Waals surface area contributed by atoms with Crippen LogP contribution in [0.25, 0.3) is 0 Å². The second-order valence-electron chi connectivity index (χ2n) is 8.25. The minimum atomic E-state index is -0.450. The van der Waals surface area contributed by atoms with Crippen LogP contribution in [0.3, 0.4) is 0 Å². The van der Waals surface area contributed by atoms with E-state index >= 15 is 0 Å². The van der Waals surface area contributed by atoms with Crippen LogP contribution in [0.15, 0.2) is 60.7 Å². The highest BCUT2D eigenvalue weighted by Crippen LogP contribution is 2.82. The van der Waals surface area contributed by atoms with Gasteiger partial charge in [-0.25, -0.2) is 0 Å². The number of fused-ring (bicyclic) bond motifs is 1. The van der Waals surface area contributed by atoms with Gasteiger partial charge in [0.1, 0.15) is 0 Å². The Labute approximate surface area is 191 Å². The first-order valence-corrected chi connectivity index (χ1v) is 12.2. The number of amides is 1. The molecule has 1 N–H and O–H groups in total. The number of anilines is 2. The average molecular weight is 571 g/mol. The summed E-state index contributed by atoms with van der Waals surface area (Å²) in [5.41, 5.74) is 4.53. The van der Waals surface area contributed by atoms with Crippen molar-refractivity contribution in [2.45, 2.75) is 35.3 Å². The number of hydrogen-bond donors (Lipinski definition) is 1. The second-order valence-corrected chi connectivity index (χ2v) is 12.2. The minimum absolute atomic E-state index is 0.00860. The third kappa shape index (κ3) is 2.53. The second kappa shape index (κ2) is 7.13. The molecule has 6 heteroatoms. The molecule has 3 saturated carbocycles. The summed E-state index contributed by atoms with van der Waals surface area (Å²) in [6, 6.07) is 19.9. The number of carbonyl (C=O) groups is 1. The first-order chi connectivity index (χ1) is 13.3. The van der Waals surface area contributed by atoms with Crippen molar-refractivity contribution in [1.29, 1.82) is 0 Å². The van der Waals surface area contributed by atoms with E-state index < -0.39 is 5.41 Å². The molecule has 148 valence electrons. The number of hydrazine groups is 1. The molecular weight excluding hydrogens is 548 g/mol. The van der Waals surface area contributed by atoms with Crippen molar-refractivity contribution in [3.63, 3.8) is 0 Å². The Morgan fingerprint density at radius 1 is 1.00 bits per heavy atom. The van der Waals surface area contributed by atoms with Gasteiger partial charge in [-0.05, 0) is 42.5 Å². The number of halogens is 3. The van der Waals surface area contributed by atoms with Gasteiger partial charge in [0.25, 0.3) is 0 Å². The fraction of sp³-hybridized carbons (Fsp3) is 0.409. The molecule has 3 unspecified atom stereocenters. The van der Waals surface area contributed by atoms with Crippen LogP contribution >= 0.6 is 47.8 Å². The molecule has 0 spiro atoms. The SMILES string of the molecule is CC1(C)C2(C(=O)NN(c3ccccc3)c3ccccc3)CCC1(C(Br)Br)C2Br. The van der Waals surface area contributed by atoms with Gasteiger partial charge in [-0.3, -0.25) is 15.2 Å². The molecule has 5 rings (SSSR count). The monoisotopic (exact) mass is 568 g/mol. The lowest BCUT2D eigenvalue weighted by Gasteiger charge is -2.66. The summed E-state index contributed by atoms with van der Waals surface area (Å²) in [4.78, 5) is 13.9. The van der Waals surface area contributed by atoms with E-state index in [9.17, 15) is 4.79 Å². The van der Waals surface area contributed by atoms with Crippen molar-refractivity contribution < 1.29 is 4.79 Å². The molecular formula is C22H23Br3N2O. The lowest BCUT2D eigenvalue weighted by Crippen LogP contribution is -2.72. The fourth-order valence-electron chi connectivity index (χ4n) is 5.33. The topological polar surface area (TPSA) is 32.3 Å². The van der Waals surface area contributed by atoms with E-state index in [1.165, 1.54) is 0 Å². The minimum Gasteiger partial charge on any atom is -0.273 e. The average Bonchev–Trinajstić information content (AvgIpc) is 3.17. The molecule has 0 aromatic heterocycles. The number of rotatable bonds is 5. The number of nitrogens with zero attached hydrogens (tertiary/aromatic N) is 1. The predicted octanol–water partition coefficient (Wildman–Crippen LogP) is 6.54. The van der Waals surface area contributed by atoms with Gasteiger partial charge in [-0.15, -0.1) is 0 Å². The molecule has 3 atom stereocenters. The number of alkyl halides is 3. The fourth-order valence-corrected chi connectivity index (χ4v) is 10.2. The first-order valence-electron chi connectivity index (χ1n) is 9.42. The van der Waals surface area contributed by atoms with Gasteiger partial charge < -0.3 is 0 Å². The Morgan fingerprint density at radius 2 is 1.50 bits per heavy atom. The van der Waals surface area contributed by atoms with Crippen molar-refractivity contribution in [2.75, 3.05) is 5.01 Å². The molecule has 0 saturated heterocycles. The van der Waals surface area contributed by atoms with Gasteiger partial charge in [0.05, 0.1) is 20.5 Å². The third-order valence-corrected chi connectivity index (χ3v) is 10.4. The number of carbonyl (C=O) groups excluding carboxylic acids is 1. The van der Waals surface area contributed by atoms with Crippen molar-refractivity contribution in [2.24, 2.45) is 16.2 Å². The highest BCUT2D eigenvalue weighted by Gasteiger charge is 2.83. The summed E-state index contributed by atoms with van der Waals surface area (Å²) in [6.45, 7) is 4.45. The van der Waals surface area contributed by atoms with Crippen LogP contribution < -0.4 is 10.4 Å². The van der Waals surface area contributed by atoms with E-state index in [0.29, 0.717) is 0 Å². The van der Waals surface area contributed by atoms with Gasteiger partial charge >= 0.3 is 0 Å². The molecule has 2 bridgehead atoms. The lowest BCUT2D eigenvalue weighted by molar-refractivity contribution is -0.161. The molecule has 0 heterocycles. The summed E-state index contributed by atoms with van der Waals surface area (Å²) in [5.74, 6) is 0.0702. The Hall–Kier alpha value is -0.850. The van der Waals surface area contributed by atoms with Crippen LogP contribution in [0.4, 0.5) is 11.4 Å². The van der Waals surface area contributed by atoms with Crippen LogP contribution in [0.2, 0.25) is 0 Å². The first kappa shape index (κ1) is 20.4. The molecule has 1 amide bonds. The van der Waals surface area contributed by atoms with Crippen molar-refractivity contribution >= 4 is 65.1 Å². The summed E-state index contributed by atoms with van der Waals surface area (Å²) in [5, 5.41) is 1.89. The molecule has 2 aromatic rings. The maximum absolute atomic E-state index is 13.7. The Bertz CT molecular complexity index is 834. The molecule has 3 aliphatic carbocycles. The predicted molar refractivity (Wildman–Crippen MR) is 125 cm³/mol. The Morgan fingerprint density at radius 3 is 1.89 bits per heavy atom. The van der Waals surface area contributed by atoms with Crippen molar-refractivity contribution in [3.05, 3.63) is 60.7 Å². The van der Waals surface area contributed by atoms with Crippen molar-refractivity contribution in [1.82, 2.24) is 5.43 Å². The van der Waals surface area contributed by atoms with E-state index in [0.717, 1.165) is 24.2 Å². The molecule has 28 heavy (non-hydrogen) atoms. The largest absolute Gasteiger partial charge is 0.273 e. The number of para-hydroxylation sites is 2. The maximum Gasteiger partial charge on any atom is 0.246 e. The lowest BCUT2D eigenvalue weighted by atomic mass is 9.43. The van der Waals surface area contributed by atoms with E-state index in [1.807, 2.05) is 65.7 Å². The van der Waals surface area contributed by atoms with E-state index in [1.54, 1.807) is 0 Å². The van der Waals surface area contributed by atoms with Crippen LogP contribution in [-0.4, -0.2) is 14.5 Å².